The highest BCUT2D eigenvalue weighted by atomic mass is 35.5. The molecule has 3 rings (SSSR count). The van der Waals surface area contributed by atoms with Gasteiger partial charge in [-0.05, 0) is 26.0 Å². The number of rotatable bonds is 3. The first kappa shape index (κ1) is 15.2. The van der Waals surface area contributed by atoms with Crippen LogP contribution in [0.15, 0.2) is 36.8 Å². The van der Waals surface area contributed by atoms with Gasteiger partial charge in [-0.2, -0.15) is 0 Å². The molecule has 0 saturated heterocycles. The number of carboxylic acids is 1. The van der Waals surface area contributed by atoms with E-state index in [0.717, 1.165) is 16.8 Å². The highest BCUT2D eigenvalue weighted by Gasteiger charge is 2.14. The number of aromatic nitrogens is 4. The van der Waals surface area contributed by atoms with Crippen LogP contribution in [0.1, 0.15) is 21.7 Å². The van der Waals surface area contributed by atoms with Crippen LogP contribution in [0, 0.1) is 13.8 Å². The minimum Gasteiger partial charge on any atom is -0.476 e. The molecule has 0 atom stereocenters. The summed E-state index contributed by atoms with van der Waals surface area (Å²) in [6.45, 7) is 3.76. The predicted molar refractivity (Wildman–Crippen MR) is 86.0 cm³/mol. The van der Waals surface area contributed by atoms with E-state index in [1.165, 1.54) is 12.5 Å². The van der Waals surface area contributed by atoms with Gasteiger partial charge in [-0.15, -0.1) is 0 Å². The third-order valence-corrected chi connectivity index (χ3v) is 3.73. The Labute approximate surface area is 137 Å². The predicted octanol–water partition coefficient (Wildman–Crippen LogP) is 3.30. The zero-order valence-electron chi connectivity index (χ0n) is 12.5. The lowest BCUT2D eigenvalue weighted by Crippen LogP contribution is -2.05. The van der Waals surface area contributed by atoms with Gasteiger partial charge in [0.2, 0.25) is 0 Å². The molecule has 0 aliphatic rings. The Hall–Kier alpha value is -2.73. The van der Waals surface area contributed by atoms with E-state index >= 15 is 0 Å². The van der Waals surface area contributed by atoms with Crippen LogP contribution in [0.4, 0.5) is 0 Å². The summed E-state index contributed by atoms with van der Waals surface area (Å²) >= 11 is 6.02. The lowest BCUT2D eigenvalue weighted by molar-refractivity contribution is 0.0691. The summed E-state index contributed by atoms with van der Waals surface area (Å²) < 4.78 is 1.58. The number of imidazole rings is 1. The molecule has 0 aliphatic heterocycles. The van der Waals surface area contributed by atoms with Crippen LogP contribution < -0.4 is 0 Å². The van der Waals surface area contributed by atoms with Crippen molar-refractivity contribution in [2.75, 3.05) is 0 Å². The van der Waals surface area contributed by atoms with E-state index < -0.39 is 5.97 Å². The Morgan fingerprint density at radius 2 is 2.04 bits per heavy atom. The van der Waals surface area contributed by atoms with Gasteiger partial charge in [0.1, 0.15) is 12.1 Å². The number of hydrogen-bond donors (Lipinski definition) is 1. The number of nitrogens with zero attached hydrogens (tertiary/aromatic N) is 4. The van der Waals surface area contributed by atoms with Crippen molar-refractivity contribution in [3.8, 4) is 17.2 Å². The number of aryl methyl sites for hydroxylation is 1. The molecule has 1 N–H and O–H groups in total. The molecular formula is C16H13ClN4O2. The zero-order chi connectivity index (χ0) is 16.6. The second-order valence-electron chi connectivity index (χ2n) is 5.06. The minimum atomic E-state index is -1.08. The number of halogens is 1. The first-order valence-corrected chi connectivity index (χ1v) is 7.22. The molecule has 0 amide bonds. The summed E-state index contributed by atoms with van der Waals surface area (Å²) in [7, 11) is 0. The average Bonchev–Trinajstić information content (AvgIpc) is 3.00. The zero-order valence-corrected chi connectivity index (χ0v) is 13.2. The standard InChI is InChI=1S/C16H13ClN4O2/c1-9-10(2)19-14(11-4-3-5-12(17)6-11)20-15(9)21-7-13(16(22)23)18-8-21/h3-8H,1-2H3,(H,22,23). The summed E-state index contributed by atoms with van der Waals surface area (Å²) in [5, 5.41) is 9.61. The summed E-state index contributed by atoms with van der Waals surface area (Å²) in [5.41, 5.74) is 2.41. The highest BCUT2D eigenvalue weighted by molar-refractivity contribution is 6.30. The van der Waals surface area contributed by atoms with Crippen LogP contribution >= 0.6 is 11.6 Å². The van der Waals surface area contributed by atoms with Gasteiger partial charge >= 0.3 is 5.97 Å². The van der Waals surface area contributed by atoms with E-state index in [1.807, 2.05) is 26.0 Å². The molecule has 0 unspecified atom stereocenters. The minimum absolute atomic E-state index is 0.0371. The Morgan fingerprint density at radius 1 is 1.26 bits per heavy atom. The molecule has 0 radical (unpaired) electrons. The summed E-state index contributed by atoms with van der Waals surface area (Å²) in [5.74, 6) is 0.0332. The molecule has 7 heteroatoms. The fraction of sp³-hybridized carbons (Fsp3) is 0.125. The summed E-state index contributed by atoms with van der Waals surface area (Å²) in [6.07, 6.45) is 2.86. The molecule has 116 valence electrons. The molecular weight excluding hydrogens is 316 g/mol. The Balaban J connectivity index is 2.15. The lowest BCUT2D eigenvalue weighted by atomic mass is 10.2. The first-order chi connectivity index (χ1) is 11.0. The topological polar surface area (TPSA) is 80.9 Å². The monoisotopic (exact) mass is 328 g/mol. The van der Waals surface area contributed by atoms with Crippen molar-refractivity contribution in [2.24, 2.45) is 0 Å². The second kappa shape index (κ2) is 5.81. The molecule has 1 aromatic carbocycles. The van der Waals surface area contributed by atoms with E-state index in [-0.39, 0.29) is 5.69 Å². The van der Waals surface area contributed by atoms with Crippen molar-refractivity contribution in [1.29, 1.82) is 0 Å². The van der Waals surface area contributed by atoms with Gasteiger partial charge in [0.25, 0.3) is 0 Å². The first-order valence-electron chi connectivity index (χ1n) is 6.84. The molecule has 0 fully saturated rings. The Morgan fingerprint density at radius 3 is 2.70 bits per heavy atom. The molecule has 0 aliphatic carbocycles. The van der Waals surface area contributed by atoms with E-state index in [2.05, 4.69) is 15.0 Å². The SMILES string of the molecule is Cc1nc(-c2cccc(Cl)c2)nc(-n2cnc(C(=O)O)c2)c1C. The van der Waals surface area contributed by atoms with E-state index in [9.17, 15) is 4.79 Å². The molecule has 3 aromatic rings. The van der Waals surface area contributed by atoms with Gasteiger partial charge in [0, 0.05) is 28.0 Å². The van der Waals surface area contributed by atoms with Gasteiger partial charge in [0.05, 0.1) is 0 Å². The lowest BCUT2D eigenvalue weighted by Gasteiger charge is -2.11. The van der Waals surface area contributed by atoms with Crippen LogP contribution in [-0.2, 0) is 0 Å². The van der Waals surface area contributed by atoms with Crippen LogP contribution in [0.5, 0.6) is 0 Å². The Bertz CT molecular complexity index is 905. The molecule has 2 heterocycles. The summed E-state index contributed by atoms with van der Waals surface area (Å²) in [6, 6.07) is 7.26. The van der Waals surface area contributed by atoms with Crippen molar-refractivity contribution in [3.05, 3.63) is 58.8 Å². The fourth-order valence-electron chi connectivity index (χ4n) is 2.17. The van der Waals surface area contributed by atoms with Crippen LogP contribution in [0.3, 0.4) is 0 Å². The van der Waals surface area contributed by atoms with E-state index in [4.69, 9.17) is 16.7 Å². The van der Waals surface area contributed by atoms with Crippen molar-refractivity contribution in [2.45, 2.75) is 13.8 Å². The van der Waals surface area contributed by atoms with Crippen molar-refractivity contribution in [3.63, 3.8) is 0 Å². The second-order valence-corrected chi connectivity index (χ2v) is 5.50. The largest absolute Gasteiger partial charge is 0.476 e. The van der Waals surface area contributed by atoms with E-state index in [1.54, 1.807) is 16.7 Å². The van der Waals surface area contributed by atoms with Gasteiger partial charge < -0.3 is 5.11 Å². The maximum absolute atomic E-state index is 11.0. The van der Waals surface area contributed by atoms with E-state index in [0.29, 0.717) is 16.7 Å². The maximum atomic E-state index is 11.0. The molecule has 2 aromatic heterocycles. The summed E-state index contributed by atoms with van der Waals surface area (Å²) in [4.78, 5) is 23.9. The van der Waals surface area contributed by atoms with Crippen LogP contribution in [-0.4, -0.2) is 30.6 Å². The normalized spacial score (nSPS) is 10.7. The molecule has 0 saturated carbocycles. The van der Waals surface area contributed by atoms with Gasteiger partial charge in [-0.1, -0.05) is 23.7 Å². The average molecular weight is 329 g/mol. The van der Waals surface area contributed by atoms with Crippen molar-refractivity contribution < 1.29 is 9.90 Å². The van der Waals surface area contributed by atoms with Crippen LogP contribution in [0.25, 0.3) is 17.2 Å². The Kier molecular flexibility index (Phi) is 3.83. The molecule has 23 heavy (non-hydrogen) atoms. The van der Waals surface area contributed by atoms with Crippen molar-refractivity contribution >= 4 is 17.6 Å². The quantitative estimate of drug-likeness (QED) is 0.797. The number of hydrogen-bond acceptors (Lipinski definition) is 4. The number of aromatic carboxylic acids is 1. The fourth-order valence-corrected chi connectivity index (χ4v) is 2.36. The number of carbonyl (C=O) groups is 1. The van der Waals surface area contributed by atoms with Gasteiger partial charge in [-0.25, -0.2) is 19.7 Å². The molecule has 0 spiro atoms. The molecule has 6 nitrogen and oxygen atoms in total. The number of carboxylic acid groups (broad SMARTS) is 1. The van der Waals surface area contributed by atoms with Crippen LogP contribution in [0.2, 0.25) is 5.02 Å². The van der Waals surface area contributed by atoms with Crippen molar-refractivity contribution in [1.82, 2.24) is 19.5 Å². The third-order valence-electron chi connectivity index (χ3n) is 3.49. The maximum Gasteiger partial charge on any atom is 0.356 e. The van der Waals surface area contributed by atoms with Gasteiger partial charge in [0.15, 0.2) is 11.5 Å². The molecule has 0 bridgehead atoms. The third kappa shape index (κ3) is 2.93. The number of benzene rings is 1. The smallest absolute Gasteiger partial charge is 0.356 e. The van der Waals surface area contributed by atoms with Gasteiger partial charge in [-0.3, -0.25) is 4.57 Å². The highest BCUT2D eigenvalue weighted by Crippen LogP contribution is 2.23.